The summed E-state index contributed by atoms with van der Waals surface area (Å²) in [6, 6.07) is 9.62. The summed E-state index contributed by atoms with van der Waals surface area (Å²) in [5, 5.41) is 0. The predicted molar refractivity (Wildman–Crippen MR) is 73.6 cm³/mol. The molecule has 5 nitrogen and oxygen atoms in total. The van der Waals surface area contributed by atoms with Crippen molar-refractivity contribution in [3.8, 4) is 11.5 Å². The minimum Gasteiger partial charge on any atom is -0.456 e. The lowest BCUT2D eigenvalue weighted by Gasteiger charge is -2.12. The largest absolute Gasteiger partial charge is 0.456 e. The predicted octanol–water partition coefficient (Wildman–Crippen LogP) is 2.11. The van der Waals surface area contributed by atoms with Crippen LogP contribution in [0.2, 0.25) is 0 Å². The Bertz CT molecular complexity index is 732. The molecule has 0 spiro atoms. The molecule has 0 aliphatic heterocycles. The summed E-state index contributed by atoms with van der Waals surface area (Å²) in [5.41, 5.74) is 5.87. The van der Waals surface area contributed by atoms with Crippen LogP contribution in [-0.2, 0) is 10.0 Å². The number of benzene rings is 2. The van der Waals surface area contributed by atoms with E-state index in [-0.39, 0.29) is 22.1 Å². The fourth-order valence-corrected chi connectivity index (χ4v) is 2.47. The van der Waals surface area contributed by atoms with E-state index in [1.807, 2.05) is 0 Å². The lowest BCUT2D eigenvalue weighted by molar-refractivity contribution is 0.462. The fraction of sp³-hybridized carbons (Fsp3) is 0.0769. The van der Waals surface area contributed by atoms with Crippen molar-refractivity contribution >= 4 is 15.7 Å². The number of nitrogens with one attached hydrogen (secondary N) is 1. The summed E-state index contributed by atoms with van der Waals surface area (Å²) in [6.07, 6.45) is 0. The molecule has 7 heteroatoms. The molecule has 2 aromatic rings. The van der Waals surface area contributed by atoms with Crippen LogP contribution in [0.25, 0.3) is 0 Å². The molecule has 106 valence electrons. The van der Waals surface area contributed by atoms with Gasteiger partial charge < -0.3 is 10.5 Å². The highest BCUT2D eigenvalue weighted by molar-refractivity contribution is 7.89. The molecule has 0 aliphatic carbocycles. The van der Waals surface area contributed by atoms with Gasteiger partial charge in [-0.3, -0.25) is 0 Å². The van der Waals surface area contributed by atoms with E-state index in [1.165, 1.54) is 43.4 Å². The molecule has 0 fully saturated rings. The van der Waals surface area contributed by atoms with E-state index in [1.54, 1.807) is 0 Å². The molecule has 0 aliphatic rings. The molecule has 0 radical (unpaired) electrons. The normalized spacial score (nSPS) is 11.3. The van der Waals surface area contributed by atoms with E-state index < -0.39 is 15.8 Å². The van der Waals surface area contributed by atoms with Crippen molar-refractivity contribution in [1.82, 2.24) is 4.72 Å². The maximum Gasteiger partial charge on any atom is 0.244 e. The lowest BCUT2D eigenvalue weighted by Crippen LogP contribution is -2.19. The third-order valence-electron chi connectivity index (χ3n) is 2.55. The molecule has 0 saturated carbocycles. The van der Waals surface area contributed by atoms with E-state index >= 15 is 0 Å². The maximum atomic E-state index is 13.1. The molecule has 0 atom stereocenters. The van der Waals surface area contributed by atoms with Gasteiger partial charge in [0.25, 0.3) is 0 Å². The Balaban J connectivity index is 2.47. The van der Waals surface area contributed by atoms with E-state index in [4.69, 9.17) is 10.5 Å². The first-order chi connectivity index (χ1) is 9.42. The topological polar surface area (TPSA) is 81.4 Å². The zero-order valence-electron chi connectivity index (χ0n) is 10.6. The van der Waals surface area contributed by atoms with Gasteiger partial charge in [0, 0.05) is 11.8 Å². The molecule has 0 bridgehead atoms. The molecule has 3 N–H and O–H groups in total. The number of halogens is 1. The van der Waals surface area contributed by atoms with E-state index in [0.29, 0.717) is 0 Å². The molecular formula is C13H13FN2O3S. The van der Waals surface area contributed by atoms with Crippen molar-refractivity contribution in [2.75, 3.05) is 12.8 Å². The second-order valence-corrected chi connectivity index (χ2v) is 5.83. The molecule has 0 saturated heterocycles. The van der Waals surface area contributed by atoms with Crippen LogP contribution in [0.1, 0.15) is 0 Å². The first kappa shape index (κ1) is 14.3. The third kappa shape index (κ3) is 3.06. The molecular weight excluding hydrogens is 283 g/mol. The Morgan fingerprint density at radius 2 is 1.95 bits per heavy atom. The minimum atomic E-state index is -3.73. The molecule has 2 aromatic carbocycles. The first-order valence-corrected chi connectivity index (χ1v) is 7.17. The third-order valence-corrected chi connectivity index (χ3v) is 3.99. The average molecular weight is 296 g/mol. The Hall–Kier alpha value is -2.12. The highest BCUT2D eigenvalue weighted by atomic mass is 32.2. The zero-order chi connectivity index (χ0) is 14.8. The van der Waals surface area contributed by atoms with Crippen molar-refractivity contribution in [3.63, 3.8) is 0 Å². The van der Waals surface area contributed by atoms with Gasteiger partial charge in [0.1, 0.15) is 22.2 Å². The summed E-state index contributed by atoms with van der Waals surface area (Å²) >= 11 is 0. The smallest absolute Gasteiger partial charge is 0.244 e. The Kier molecular flexibility index (Phi) is 3.91. The van der Waals surface area contributed by atoms with Crippen LogP contribution in [0.3, 0.4) is 0 Å². The Morgan fingerprint density at radius 1 is 1.20 bits per heavy atom. The Labute approximate surface area is 116 Å². The molecule has 0 aromatic heterocycles. The second-order valence-electron chi connectivity index (χ2n) is 3.97. The molecule has 0 unspecified atom stereocenters. The number of nitrogen functional groups attached to an aromatic ring is 1. The van der Waals surface area contributed by atoms with Crippen LogP contribution in [0.5, 0.6) is 11.5 Å². The van der Waals surface area contributed by atoms with Crippen molar-refractivity contribution in [1.29, 1.82) is 0 Å². The van der Waals surface area contributed by atoms with Crippen LogP contribution in [-0.4, -0.2) is 15.5 Å². The quantitative estimate of drug-likeness (QED) is 0.847. The maximum absolute atomic E-state index is 13.1. The van der Waals surface area contributed by atoms with Gasteiger partial charge in [-0.1, -0.05) is 6.07 Å². The number of sulfonamides is 1. The molecule has 0 heterocycles. The summed E-state index contributed by atoms with van der Waals surface area (Å²) in [5.74, 6) is -0.211. The van der Waals surface area contributed by atoms with Gasteiger partial charge in [-0.25, -0.2) is 17.5 Å². The van der Waals surface area contributed by atoms with E-state index in [9.17, 15) is 12.8 Å². The molecule has 2 rings (SSSR count). The van der Waals surface area contributed by atoms with Gasteiger partial charge in [0.05, 0.1) is 0 Å². The summed E-state index contributed by atoms with van der Waals surface area (Å²) in [4.78, 5) is -0.107. The zero-order valence-corrected chi connectivity index (χ0v) is 11.4. The van der Waals surface area contributed by atoms with Crippen molar-refractivity contribution in [3.05, 3.63) is 48.3 Å². The summed E-state index contributed by atoms with van der Waals surface area (Å²) < 4.78 is 44.5. The number of rotatable bonds is 4. The highest BCUT2D eigenvalue weighted by Gasteiger charge is 2.18. The van der Waals surface area contributed by atoms with Crippen LogP contribution in [0, 0.1) is 5.82 Å². The van der Waals surface area contributed by atoms with Crippen molar-refractivity contribution in [2.24, 2.45) is 0 Å². The number of anilines is 1. The Morgan fingerprint density at radius 3 is 2.60 bits per heavy atom. The number of ether oxygens (including phenoxy) is 1. The summed E-state index contributed by atoms with van der Waals surface area (Å²) in [7, 11) is -2.45. The van der Waals surface area contributed by atoms with Gasteiger partial charge in [0.2, 0.25) is 10.0 Å². The van der Waals surface area contributed by atoms with Crippen LogP contribution in [0.15, 0.2) is 47.4 Å². The van der Waals surface area contributed by atoms with Crippen molar-refractivity contribution in [2.45, 2.75) is 4.90 Å². The highest BCUT2D eigenvalue weighted by Crippen LogP contribution is 2.30. The van der Waals surface area contributed by atoms with Gasteiger partial charge in [-0.05, 0) is 37.4 Å². The van der Waals surface area contributed by atoms with Crippen LogP contribution < -0.4 is 15.2 Å². The van der Waals surface area contributed by atoms with E-state index in [0.717, 1.165) is 6.07 Å². The molecule has 0 amide bonds. The average Bonchev–Trinajstić information content (AvgIpc) is 2.41. The lowest BCUT2D eigenvalue weighted by atomic mass is 10.3. The number of nitrogens with two attached hydrogens (primary N) is 1. The first-order valence-electron chi connectivity index (χ1n) is 5.69. The minimum absolute atomic E-state index is 0.0687. The van der Waals surface area contributed by atoms with Gasteiger partial charge in [0.15, 0.2) is 0 Å². The molecule has 20 heavy (non-hydrogen) atoms. The van der Waals surface area contributed by atoms with Crippen LogP contribution in [0.4, 0.5) is 10.1 Å². The number of hydrogen-bond acceptors (Lipinski definition) is 4. The van der Waals surface area contributed by atoms with Gasteiger partial charge >= 0.3 is 0 Å². The SMILES string of the molecule is CNS(=O)(=O)c1cc(N)ccc1Oc1cccc(F)c1. The van der Waals surface area contributed by atoms with Gasteiger partial charge in [-0.15, -0.1) is 0 Å². The standard InChI is InChI=1S/C13H13FN2O3S/c1-16-20(17,18)13-8-10(15)5-6-12(13)19-11-4-2-3-9(14)7-11/h2-8,16H,15H2,1H3. The monoisotopic (exact) mass is 296 g/mol. The van der Waals surface area contributed by atoms with Gasteiger partial charge in [-0.2, -0.15) is 0 Å². The second kappa shape index (κ2) is 5.48. The fourth-order valence-electron chi connectivity index (χ4n) is 1.59. The van der Waals surface area contributed by atoms with Crippen molar-refractivity contribution < 1.29 is 17.5 Å². The van der Waals surface area contributed by atoms with Crippen LogP contribution >= 0.6 is 0 Å². The summed E-state index contributed by atoms with van der Waals surface area (Å²) in [6.45, 7) is 0. The number of hydrogen-bond donors (Lipinski definition) is 2. The van der Waals surface area contributed by atoms with E-state index in [2.05, 4.69) is 4.72 Å².